The van der Waals surface area contributed by atoms with Crippen LogP contribution in [0.25, 0.3) is 0 Å². The highest BCUT2D eigenvalue weighted by molar-refractivity contribution is 9.09. The first-order valence-electron chi connectivity index (χ1n) is 7.03. The second-order valence-corrected chi connectivity index (χ2v) is 10.6. The lowest BCUT2D eigenvalue weighted by Gasteiger charge is -2.42. The second kappa shape index (κ2) is 5.08. The first kappa shape index (κ1) is 14.8. The van der Waals surface area contributed by atoms with Gasteiger partial charge in [-0.25, -0.2) is 8.42 Å². The van der Waals surface area contributed by atoms with Crippen molar-refractivity contribution in [1.82, 2.24) is 0 Å². The van der Waals surface area contributed by atoms with Gasteiger partial charge in [0.2, 0.25) is 0 Å². The average molecular weight is 337 g/mol. The Hall–Kier alpha value is 0.430. The Kier molecular flexibility index (Phi) is 4.19. The van der Waals surface area contributed by atoms with Gasteiger partial charge in [0.15, 0.2) is 9.84 Å². The standard InChI is InChI=1S/C14H25BrO2S/c1-14(2,3)11-4-5-13(15)12(8-11)10-6-7-18(16,17)9-10/h10-13H,4-9H2,1-3H3. The molecule has 2 aliphatic rings. The summed E-state index contributed by atoms with van der Waals surface area (Å²) in [5.41, 5.74) is 0.350. The van der Waals surface area contributed by atoms with Crippen LogP contribution in [0.4, 0.5) is 0 Å². The van der Waals surface area contributed by atoms with Crippen LogP contribution in [0.2, 0.25) is 0 Å². The minimum Gasteiger partial charge on any atom is -0.229 e. The van der Waals surface area contributed by atoms with Crippen molar-refractivity contribution in [2.75, 3.05) is 11.5 Å². The molecule has 18 heavy (non-hydrogen) atoms. The normalized spacial score (nSPS) is 40.9. The monoisotopic (exact) mass is 336 g/mol. The minimum atomic E-state index is -2.74. The highest BCUT2D eigenvalue weighted by atomic mass is 79.9. The molecular formula is C14H25BrO2S. The predicted octanol–water partition coefficient (Wildman–Crippen LogP) is 3.65. The Morgan fingerprint density at radius 1 is 1.11 bits per heavy atom. The largest absolute Gasteiger partial charge is 0.229 e. The fourth-order valence-electron chi connectivity index (χ4n) is 3.60. The minimum absolute atomic E-state index is 0.350. The van der Waals surface area contributed by atoms with Crippen LogP contribution in [0, 0.1) is 23.2 Å². The average Bonchev–Trinajstić information content (AvgIpc) is 2.57. The number of hydrogen-bond donors (Lipinski definition) is 0. The van der Waals surface area contributed by atoms with Gasteiger partial charge in [-0.15, -0.1) is 0 Å². The van der Waals surface area contributed by atoms with E-state index in [1.54, 1.807) is 0 Å². The SMILES string of the molecule is CC(C)(C)C1CCC(Br)C(C2CCS(=O)(=O)C2)C1. The lowest BCUT2D eigenvalue weighted by atomic mass is 9.66. The molecule has 4 heteroatoms. The van der Waals surface area contributed by atoms with Crippen molar-refractivity contribution in [3.63, 3.8) is 0 Å². The Balaban J connectivity index is 2.07. The third-order valence-corrected chi connectivity index (χ3v) is 7.84. The van der Waals surface area contributed by atoms with E-state index < -0.39 is 9.84 Å². The van der Waals surface area contributed by atoms with Crippen molar-refractivity contribution in [2.45, 2.75) is 51.3 Å². The molecule has 0 radical (unpaired) electrons. The van der Waals surface area contributed by atoms with E-state index in [2.05, 4.69) is 36.7 Å². The first-order chi connectivity index (χ1) is 8.19. The molecule has 1 saturated heterocycles. The maximum atomic E-state index is 11.7. The molecule has 2 fully saturated rings. The van der Waals surface area contributed by atoms with Gasteiger partial charge in [-0.2, -0.15) is 0 Å². The van der Waals surface area contributed by atoms with Crippen molar-refractivity contribution in [1.29, 1.82) is 0 Å². The quantitative estimate of drug-likeness (QED) is 0.685. The summed E-state index contributed by atoms with van der Waals surface area (Å²) in [4.78, 5) is 0.523. The Morgan fingerprint density at radius 2 is 1.78 bits per heavy atom. The predicted molar refractivity (Wildman–Crippen MR) is 79.8 cm³/mol. The summed E-state index contributed by atoms with van der Waals surface area (Å²) >= 11 is 3.80. The third-order valence-electron chi connectivity index (χ3n) is 4.91. The highest BCUT2D eigenvalue weighted by Gasteiger charge is 2.42. The lowest BCUT2D eigenvalue weighted by molar-refractivity contribution is 0.123. The summed E-state index contributed by atoms with van der Waals surface area (Å²) in [6.45, 7) is 6.94. The molecule has 0 spiro atoms. The first-order valence-corrected chi connectivity index (χ1v) is 9.77. The topological polar surface area (TPSA) is 34.1 Å². The molecule has 0 bridgehead atoms. The van der Waals surface area contributed by atoms with E-state index in [0.717, 1.165) is 12.3 Å². The molecule has 1 aliphatic carbocycles. The van der Waals surface area contributed by atoms with Crippen molar-refractivity contribution >= 4 is 25.8 Å². The zero-order valence-corrected chi connectivity index (χ0v) is 14.1. The summed E-state index contributed by atoms with van der Waals surface area (Å²) in [6, 6.07) is 0. The smallest absolute Gasteiger partial charge is 0.150 e. The Morgan fingerprint density at radius 3 is 2.28 bits per heavy atom. The lowest BCUT2D eigenvalue weighted by Crippen LogP contribution is -2.36. The number of hydrogen-bond acceptors (Lipinski definition) is 2. The summed E-state index contributed by atoms with van der Waals surface area (Å²) in [6.07, 6.45) is 4.55. The molecule has 2 nitrogen and oxygen atoms in total. The molecule has 0 amide bonds. The van der Waals surface area contributed by atoms with E-state index in [9.17, 15) is 8.42 Å². The zero-order chi connectivity index (χ0) is 13.6. The summed E-state index contributed by atoms with van der Waals surface area (Å²) in [5.74, 6) is 2.52. The van der Waals surface area contributed by atoms with E-state index in [0.29, 0.717) is 33.6 Å². The van der Waals surface area contributed by atoms with Gasteiger partial charge in [0.05, 0.1) is 11.5 Å². The third kappa shape index (κ3) is 3.30. The molecule has 4 unspecified atom stereocenters. The molecular weight excluding hydrogens is 312 g/mol. The molecule has 1 aliphatic heterocycles. The molecule has 0 N–H and O–H groups in total. The van der Waals surface area contributed by atoms with Gasteiger partial charge in [0.25, 0.3) is 0 Å². The number of rotatable bonds is 1. The molecule has 0 aromatic rings. The van der Waals surface area contributed by atoms with E-state index in [1.165, 1.54) is 19.3 Å². The van der Waals surface area contributed by atoms with Crippen LogP contribution < -0.4 is 0 Å². The fraction of sp³-hybridized carbons (Fsp3) is 1.00. The van der Waals surface area contributed by atoms with Crippen molar-refractivity contribution in [3.05, 3.63) is 0 Å². The van der Waals surface area contributed by atoms with Crippen molar-refractivity contribution in [2.24, 2.45) is 23.2 Å². The zero-order valence-electron chi connectivity index (χ0n) is 11.7. The molecule has 1 heterocycles. The Labute approximate surface area is 120 Å². The van der Waals surface area contributed by atoms with Crippen LogP contribution >= 0.6 is 15.9 Å². The molecule has 4 atom stereocenters. The number of sulfone groups is 1. The van der Waals surface area contributed by atoms with E-state index >= 15 is 0 Å². The number of alkyl halides is 1. The molecule has 106 valence electrons. The van der Waals surface area contributed by atoms with Crippen LogP contribution in [0.5, 0.6) is 0 Å². The second-order valence-electron chi connectivity index (χ2n) is 7.22. The van der Waals surface area contributed by atoms with Gasteiger partial charge < -0.3 is 0 Å². The summed E-state index contributed by atoms with van der Waals surface area (Å²) in [5, 5.41) is 0. The van der Waals surface area contributed by atoms with Gasteiger partial charge >= 0.3 is 0 Å². The fourth-order valence-corrected chi connectivity index (χ4v) is 6.41. The van der Waals surface area contributed by atoms with Crippen LogP contribution in [0.3, 0.4) is 0 Å². The summed E-state index contributed by atoms with van der Waals surface area (Å²) < 4.78 is 23.3. The van der Waals surface area contributed by atoms with Crippen molar-refractivity contribution < 1.29 is 8.42 Å². The molecule has 2 rings (SSSR count). The van der Waals surface area contributed by atoms with E-state index in [-0.39, 0.29) is 0 Å². The maximum absolute atomic E-state index is 11.7. The van der Waals surface area contributed by atoms with Crippen molar-refractivity contribution in [3.8, 4) is 0 Å². The highest BCUT2D eigenvalue weighted by Crippen LogP contribution is 2.46. The summed E-state index contributed by atoms with van der Waals surface area (Å²) in [7, 11) is -2.74. The van der Waals surface area contributed by atoms with Crippen LogP contribution in [-0.4, -0.2) is 24.8 Å². The number of halogens is 1. The van der Waals surface area contributed by atoms with Gasteiger partial charge in [-0.1, -0.05) is 36.7 Å². The van der Waals surface area contributed by atoms with Gasteiger partial charge in [0.1, 0.15) is 0 Å². The molecule has 1 saturated carbocycles. The van der Waals surface area contributed by atoms with Crippen LogP contribution in [0.1, 0.15) is 46.5 Å². The van der Waals surface area contributed by atoms with Crippen LogP contribution in [-0.2, 0) is 9.84 Å². The van der Waals surface area contributed by atoms with Gasteiger partial charge in [-0.3, -0.25) is 0 Å². The Bertz CT molecular complexity index is 397. The van der Waals surface area contributed by atoms with E-state index in [1.807, 2.05) is 0 Å². The maximum Gasteiger partial charge on any atom is 0.150 e. The molecule has 0 aromatic carbocycles. The van der Waals surface area contributed by atoms with E-state index in [4.69, 9.17) is 0 Å². The van der Waals surface area contributed by atoms with Gasteiger partial charge in [-0.05, 0) is 48.9 Å². The van der Waals surface area contributed by atoms with Crippen LogP contribution in [0.15, 0.2) is 0 Å². The molecule has 0 aromatic heterocycles. The van der Waals surface area contributed by atoms with Gasteiger partial charge in [0, 0.05) is 4.83 Å².